The van der Waals surface area contributed by atoms with E-state index in [1.54, 1.807) is 17.5 Å². The first-order chi connectivity index (χ1) is 9.97. The Balaban J connectivity index is 2.56. The first kappa shape index (κ1) is 14.7. The molecule has 0 aliphatic carbocycles. The number of rotatable bonds is 4. The number of nitrogens with zero attached hydrogens (tertiary/aromatic N) is 2. The van der Waals surface area contributed by atoms with Crippen LogP contribution < -0.4 is 0 Å². The monoisotopic (exact) mass is 308 g/mol. The molecule has 0 saturated carbocycles. The summed E-state index contributed by atoms with van der Waals surface area (Å²) >= 11 is 1.08. The number of benzene rings is 1. The second kappa shape index (κ2) is 5.76. The minimum Gasteiger partial charge on any atom is -0.292 e. The number of nitro benzene ring substituents is 1. The molecule has 1 heterocycles. The van der Waals surface area contributed by atoms with Crippen LogP contribution in [0.4, 0.5) is 14.5 Å². The van der Waals surface area contributed by atoms with Crippen molar-refractivity contribution in [2.75, 3.05) is 0 Å². The van der Waals surface area contributed by atoms with Crippen molar-refractivity contribution in [3.8, 4) is 6.07 Å². The average molecular weight is 308 g/mol. The molecule has 0 saturated heterocycles. The highest BCUT2D eigenvalue weighted by atomic mass is 32.1. The first-order valence-corrected chi connectivity index (χ1v) is 6.45. The molecule has 1 atom stereocenters. The normalized spacial score (nSPS) is 11.7. The van der Waals surface area contributed by atoms with E-state index < -0.39 is 39.5 Å². The van der Waals surface area contributed by atoms with Crippen molar-refractivity contribution < 1.29 is 18.5 Å². The molecule has 0 fully saturated rings. The SMILES string of the molecule is N#CC(C(=O)c1c(F)ccc([N+](=O)[O-])c1F)c1cccs1. The van der Waals surface area contributed by atoms with Crippen LogP contribution in [0.2, 0.25) is 0 Å². The molecule has 21 heavy (non-hydrogen) atoms. The van der Waals surface area contributed by atoms with Gasteiger partial charge in [-0.1, -0.05) is 6.07 Å². The number of thiophene rings is 1. The number of nitriles is 1. The Bertz CT molecular complexity index is 754. The van der Waals surface area contributed by atoms with E-state index in [-0.39, 0.29) is 0 Å². The van der Waals surface area contributed by atoms with E-state index in [9.17, 15) is 23.7 Å². The fraction of sp³-hybridized carbons (Fsp3) is 0.0769. The molecule has 0 amide bonds. The summed E-state index contributed by atoms with van der Waals surface area (Å²) in [5.74, 6) is -5.35. The Labute approximate surface area is 121 Å². The molecule has 2 rings (SSSR count). The number of ketones is 1. The zero-order chi connectivity index (χ0) is 15.6. The molecule has 8 heteroatoms. The molecule has 0 spiro atoms. The van der Waals surface area contributed by atoms with Gasteiger partial charge >= 0.3 is 5.69 Å². The van der Waals surface area contributed by atoms with Crippen LogP contribution in [0.15, 0.2) is 29.6 Å². The highest BCUT2D eigenvalue weighted by molar-refractivity contribution is 7.10. The molecular weight excluding hydrogens is 302 g/mol. The van der Waals surface area contributed by atoms with Gasteiger partial charge in [0, 0.05) is 10.9 Å². The number of nitro groups is 1. The molecule has 1 aromatic carbocycles. The second-order valence-corrected chi connectivity index (χ2v) is 4.93. The van der Waals surface area contributed by atoms with Crippen LogP contribution in [0, 0.1) is 33.1 Å². The van der Waals surface area contributed by atoms with E-state index in [1.165, 1.54) is 6.07 Å². The fourth-order valence-corrected chi connectivity index (χ4v) is 2.53. The summed E-state index contributed by atoms with van der Waals surface area (Å²) < 4.78 is 27.7. The van der Waals surface area contributed by atoms with E-state index in [4.69, 9.17) is 5.26 Å². The predicted octanol–water partition coefficient (Wildman–Crippen LogP) is 3.42. The van der Waals surface area contributed by atoms with Gasteiger partial charge in [0.1, 0.15) is 11.7 Å². The molecule has 0 aliphatic rings. The van der Waals surface area contributed by atoms with Crippen molar-refractivity contribution in [1.82, 2.24) is 0 Å². The third-order valence-electron chi connectivity index (χ3n) is 2.73. The van der Waals surface area contributed by atoms with E-state index in [2.05, 4.69) is 0 Å². The Kier molecular flexibility index (Phi) is 4.05. The molecule has 2 aromatic rings. The van der Waals surface area contributed by atoms with Gasteiger partial charge in [0.2, 0.25) is 5.82 Å². The molecule has 0 bridgehead atoms. The average Bonchev–Trinajstić information content (AvgIpc) is 2.93. The number of halogens is 2. The van der Waals surface area contributed by atoms with E-state index in [0.29, 0.717) is 17.0 Å². The van der Waals surface area contributed by atoms with E-state index in [0.717, 1.165) is 11.3 Å². The summed E-state index contributed by atoms with van der Waals surface area (Å²) in [7, 11) is 0. The molecule has 0 N–H and O–H groups in total. The number of carbonyl (C=O) groups is 1. The molecule has 1 unspecified atom stereocenters. The minimum absolute atomic E-state index is 0.313. The first-order valence-electron chi connectivity index (χ1n) is 5.57. The lowest BCUT2D eigenvalue weighted by Gasteiger charge is -2.08. The van der Waals surface area contributed by atoms with Crippen LogP contribution in [0.25, 0.3) is 0 Å². The molecule has 5 nitrogen and oxygen atoms in total. The van der Waals surface area contributed by atoms with Crippen LogP contribution in [0.1, 0.15) is 21.2 Å². The Morgan fingerprint density at radius 1 is 1.38 bits per heavy atom. The molecule has 0 radical (unpaired) electrons. The van der Waals surface area contributed by atoms with Gasteiger partial charge in [-0.05, 0) is 17.5 Å². The van der Waals surface area contributed by atoms with Crippen molar-refractivity contribution in [2.24, 2.45) is 0 Å². The third kappa shape index (κ3) is 2.64. The Morgan fingerprint density at radius 3 is 2.62 bits per heavy atom. The van der Waals surface area contributed by atoms with Crippen LogP contribution in [0.3, 0.4) is 0 Å². The van der Waals surface area contributed by atoms with Gasteiger partial charge in [0.15, 0.2) is 5.78 Å². The number of carbonyl (C=O) groups excluding carboxylic acids is 1. The zero-order valence-electron chi connectivity index (χ0n) is 10.2. The lowest BCUT2D eigenvalue weighted by atomic mass is 9.96. The van der Waals surface area contributed by atoms with Crippen molar-refractivity contribution in [3.63, 3.8) is 0 Å². The zero-order valence-corrected chi connectivity index (χ0v) is 11.1. The van der Waals surface area contributed by atoms with Crippen molar-refractivity contribution in [1.29, 1.82) is 5.26 Å². The minimum atomic E-state index is -1.57. The smallest absolute Gasteiger partial charge is 0.292 e. The maximum atomic E-state index is 14.0. The van der Waals surface area contributed by atoms with Gasteiger partial charge in [0.05, 0.1) is 16.6 Å². The summed E-state index contributed by atoms with van der Waals surface area (Å²) in [4.78, 5) is 22.1. The lowest BCUT2D eigenvalue weighted by Crippen LogP contribution is -2.15. The number of hydrogen-bond acceptors (Lipinski definition) is 5. The quantitative estimate of drug-likeness (QED) is 0.492. The number of hydrogen-bond donors (Lipinski definition) is 0. The standard InChI is InChI=1S/C13H6F2N2O3S/c14-8-3-4-9(17(19)20)12(15)11(8)13(18)7(6-16)10-2-1-5-21-10/h1-5,7H. The summed E-state index contributed by atoms with van der Waals surface area (Å²) in [5, 5.41) is 21.3. The molecular formula is C13H6F2N2O3S. The highest BCUT2D eigenvalue weighted by Crippen LogP contribution is 2.30. The van der Waals surface area contributed by atoms with E-state index in [1.807, 2.05) is 0 Å². The predicted molar refractivity (Wildman–Crippen MR) is 70.0 cm³/mol. The van der Waals surface area contributed by atoms with Gasteiger partial charge < -0.3 is 0 Å². The largest absolute Gasteiger partial charge is 0.305 e. The van der Waals surface area contributed by atoms with Crippen LogP contribution in [-0.4, -0.2) is 10.7 Å². The van der Waals surface area contributed by atoms with Crippen molar-refractivity contribution in [3.05, 3.63) is 61.8 Å². The van der Waals surface area contributed by atoms with E-state index >= 15 is 0 Å². The topological polar surface area (TPSA) is 84.0 Å². The van der Waals surface area contributed by atoms with Crippen LogP contribution in [0.5, 0.6) is 0 Å². The summed E-state index contributed by atoms with van der Waals surface area (Å²) in [6.07, 6.45) is 0. The number of Topliss-reactive ketones (excluding diaryl/α,β-unsaturated/α-hetero) is 1. The van der Waals surface area contributed by atoms with Gasteiger partial charge in [-0.2, -0.15) is 9.65 Å². The fourth-order valence-electron chi connectivity index (χ4n) is 1.76. The maximum absolute atomic E-state index is 14.0. The summed E-state index contributed by atoms with van der Waals surface area (Å²) in [6.45, 7) is 0. The molecule has 106 valence electrons. The molecule has 1 aromatic heterocycles. The Morgan fingerprint density at radius 2 is 2.10 bits per heavy atom. The molecule has 0 aliphatic heterocycles. The van der Waals surface area contributed by atoms with Gasteiger partial charge in [-0.25, -0.2) is 4.39 Å². The highest BCUT2D eigenvalue weighted by Gasteiger charge is 2.32. The van der Waals surface area contributed by atoms with Crippen molar-refractivity contribution in [2.45, 2.75) is 5.92 Å². The Hall–Kier alpha value is -2.66. The second-order valence-electron chi connectivity index (χ2n) is 3.95. The lowest BCUT2D eigenvalue weighted by molar-refractivity contribution is -0.387. The van der Waals surface area contributed by atoms with Crippen molar-refractivity contribution >= 4 is 22.8 Å². The summed E-state index contributed by atoms with van der Waals surface area (Å²) in [6, 6.07) is 5.99. The van der Waals surface area contributed by atoms with Gasteiger partial charge in [0.25, 0.3) is 0 Å². The maximum Gasteiger partial charge on any atom is 0.305 e. The van der Waals surface area contributed by atoms with Crippen LogP contribution >= 0.6 is 11.3 Å². The van der Waals surface area contributed by atoms with Crippen LogP contribution in [-0.2, 0) is 0 Å². The van der Waals surface area contributed by atoms with Gasteiger partial charge in [-0.15, -0.1) is 11.3 Å². The summed E-state index contributed by atoms with van der Waals surface area (Å²) in [5.41, 5.74) is -2.08. The van der Waals surface area contributed by atoms with Gasteiger partial charge in [-0.3, -0.25) is 14.9 Å². The third-order valence-corrected chi connectivity index (χ3v) is 3.67.